The number of imide groups is 1. The third kappa shape index (κ3) is 4.92. The second-order valence-electron chi connectivity index (χ2n) is 8.13. The van der Waals surface area contributed by atoms with Gasteiger partial charge in [-0.2, -0.15) is 0 Å². The summed E-state index contributed by atoms with van der Waals surface area (Å²) in [6.07, 6.45) is 2.55. The van der Waals surface area contributed by atoms with Crippen molar-refractivity contribution in [3.05, 3.63) is 29.8 Å². The normalized spacial score (nSPS) is 22.8. The molecule has 2 aliphatic heterocycles. The van der Waals surface area contributed by atoms with E-state index in [9.17, 15) is 14.4 Å². The first-order chi connectivity index (χ1) is 14.4. The molecule has 2 saturated heterocycles. The van der Waals surface area contributed by atoms with Crippen LogP contribution < -0.4 is 10.1 Å². The molecule has 1 aromatic carbocycles. The molecule has 0 aromatic heterocycles. The Morgan fingerprint density at radius 1 is 1.20 bits per heavy atom. The van der Waals surface area contributed by atoms with Crippen LogP contribution in [-0.4, -0.2) is 66.7 Å². The molecule has 30 heavy (non-hydrogen) atoms. The average Bonchev–Trinajstić information content (AvgIpc) is 2.96. The number of methoxy groups -OCH3 is 1. The SMILES string of the molecule is CCOC(=O)C1CCN(CN2C(=O)N[C@@](C)(CCc3ccc(OC)cc3)C2=O)CC1. The van der Waals surface area contributed by atoms with E-state index < -0.39 is 5.54 Å². The van der Waals surface area contributed by atoms with Crippen LogP contribution in [0, 0.1) is 5.92 Å². The average molecular weight is 418 g/mol. The minimum atomic E-state index is -0.916. The monoisotopic (exact) mass is 417 g/mol. The van der Waals surface area contributed by atoms with Gasteiger partial charge in [-0.1, -0.05) is 12.1 Å². The maximum absolute atomic E-state index is 13.0. The third-order valence-corrected chi connectivity index (χ3v) is 5.97. The van der Waals surface area contributed by atoms with Gasteiger partial charge in [-0.3, -0.25) is 14.5 Å². The van der Waals surface area contributed by atoms with Crippen LogP contribution in [0.1, 0.15) is 38.7 Å². The number of piperidine rings is 1. The Balaban J connectivity index is 1.53. The molecule has 3 rings (SSSR count). The summed E-state index contributed by atoms with van der Waals surface area (Å²) in [6.45, 7) is 5.53. The lowest BCUT2D eigenvalue weighted by atomic mass is 9.93. The molecule has 0 unspecified atom stereocenters. The Morgan fingerprint density at radius 2 is 1.87 bits per heavy atom. The largest absolute Gasteiger partial charge is 0.497 e. The van der Waals surface area contributed by atoms with Gasteiger partial charge in [0.25, 0.3) is 5.91 Å². The van der Waals surface area contributed by atoms with Crippen molar-refractivity contribution in [2.75, 3.05) is 33.5 Å². The van der Waals surface area contributed by atoms with Crippen molar-refractivity contribution in [2.45, 2.75) is 45.1 Å². The third-order valence-electron chi connectivity index (χ3n) is 5.97. The van der Waals surface area contributed by atoms with E-state index in [1.165, 1.54) is 4.90 Å². The number of urea groups is 1. The lowest BCUT2D eigenvalue weighted by Crippen LogP contribution is -2.47. The highest BCUT2D eigenvalue weighted by atomic mass is 16.5. The molecule has 8 heteroatoms. The Kier molecular flexibility index (Phi) is 6.97. The second kappa shape index (κ2) is 9.47. The molecule has 1 aromatic rings. The van der Waals surface area contributed by atoms with Crippen molar-refractivity contribution in [1.82, 2.24) is 15.1 Å². The predicted octanol–water partition coefficient (Wildman–Crippen LogP) is 2.17. The van der Waals surface area contributed by atoms with Crippen molar-refractivity contribution in [1.29, 1.82) is 0 Å². The van der Waals surface area contributed by atoms with Crippen molar-refractivity contribution in [3.8, 4) is 5.75 Å². The first-order valence-corrected chi connectivity index (χ1v) is 10.5. The quantitative estimate of drug-likeness (QED) is 0.515. The van der Waals surface area contributed by atoms with Crippen LogP contribution in [0.15, 0.2) is 24.3 Å². The summed E-state index contributed by atoms with van der Waals surface area (Å²) in [5, 5.41) is 2.87. The number of nitrogens with zero attached hydrogens (tertiary/aromatic N) is 2. The number of ether oxygens (including phenoxy) is 2. The van der Waals surface area contributed by atoms with Gasteiger partial charge in [0.2, 0.25) is 0 Å². The minimum absolute atomic E-state index is 0.0981. The van der Waals surface area contributed by atoms with Gasteiger partial charge in [-0.15, -0.1) is 0 Å². The number of aryl methyl sites for hydroxylation is 1. The number of likely N-dealkylation sites (tertiary alicyclic amines) is 1. The molecular weight excluding hydrogens is 386 g/mol. The van der Waals surface area contributed by atoms with Crippen molar-refractivity contribution < 1.29 is 23.9 Å². The van der Waals surface area contributed by atoms with E-state index in [0.29, 0.717) is 45.4 Å². The van der Waals surface area contributed by atoms with Crippen LogP contribution >= 0.6 is 0 Å². The fourth-order valence-electron chi connectivity index (χ4n) is 4.00. The number of hydrogen-bond donors (Lipinski definition) is 1. The summed E-state index contributed by atoms with van der Waals surface area (Å²) in [7, 11) is 1.62. The second-order valence-corrected chi connectivity index (χ2v) is 8.13. The first kappa shape index (κ1) is 22.1. The first-order valence-electron chi connectivity index (χ1n) is 10.5. The summed E-state index contributed by atoms with van der Waals surface area (Å²) < 4.78 is 10.3. The van der Waals surface area contributed by atoms with Crippen molar-refractivity contribution >= 4 is 17.9 Å². The number of amides is 3. The fraction of sp³-hybridized carbons (Fsp3) is 0.591. The van der Waals surface area contributed by atoms with Crippen LogP contribution in [-0.2, 0) is 20.7 Å². The zero-order chi connectivity index (χ0) is 21.7. The highest BCUT2D eigenvalue weighted by Crippen LogP contribution is 2.26. The number of esters is 1. The molecule has 2 fully saturated rings. The van der Waals surface area contributed by atoms with Crippen LogP contribution in [0.4, 0.5) is 4.79 Å². The lowest BCUT2D eigenvalue weighted by molar-refractivity contribution is -0.150. The number of nitrogens with one attached hydrogen (secondary N) is 1. The summed E-state index contributed by atoms with van der Waals surface area (Å²) in [5.41, 5.74) is 0.166. The number of benzene rings is 1. The zero-order valence-electron chi connectivity index (χ0n) is 18.0. The van der Waals surface area contributed by atoms with Crippen molar-refractivity contribution in [2.24, 2.45) is 5.92 Å². The van der Waals surface area contributed by atoms with Gasteiger partial charge >= 0.3 is 12.0 Å². The molecule has 8 nitrogen and oxygen atoms in total. The van der Waals surface area contributed by atoms with Crippen LogP contribution in [0.3, 0.4) is 0 Å². The van der Waals surface area contributed by atoms with Gasteiger partial charge in [0.1, 0.15) is 11.3 Å². The van der Waals surface area contributed by atoms with Gasteiger partial charge in [-0.25, -0.2) is 9.69 Å². The molecule has 2 heterocycles. The smallest absolute Gasteiger partial charge is 0.326 e. The van der Waals surface area contributed by atoms with Gasteiger partial charge < -0.3 is 14.8 Å². The molecule has 0 aliphatic carbocycles. The minimum Gasteiger partial charge on any atom is -0.497 e. The Hall–Kier alpha value is -2.61. The van der Waals surface area contributed by atoms with Crippen LogP contribution in [0.2, 0.25) is 0 Å². The maximum atomic E-state index is 13.0. The van der Waals surface area contributed by atoms with Gasteiger partial charge in [0.05, 0.1) is 26.3 Å². The Bertz CT molecular complexity index is 773. The Morgan fingerprint density at radius 3 is 2.47 bits per heavy atom. The van der Waals surface area contributed by atoms with E-state index >= 15 is 0 Å². The summed E-state index contributed by atoms with van der Waals surface area (Å²) in [4.78, 5) is 40.7. The predicted molar refractivity (Wildman–Crippen MR) is 111 cm³/mol. The van der Waals surface area contributed by atoms with E-state index in [0.717, 1.165) is 11.3 Å². The molecular formula is C22H31N3O5. The molecule has 0 radical (unpaired) electrons. The van der Waals surface area contributed by atoms with E-state index in [2.05, 4.69) is 5.32 Å². The van der Waals surface area contributed by atoms with E-state index in [-0.39, 0.29) is 30.5 Å². The molecule has 0 saturated carbocycles. The maximum Gasteiger partial charge on any atom is 0.326 e. The van der Waals surface area contributed by atoms with Gasteiger partial charge in [0.15, 0.2) is 0 Å². The topological polar surface area (TPSA) is 88.2 Å². The van der Waals surface area contributed by atoms with E-state index in [4.69, 9.17) is 9.47 Å². The number of rotatable bonds is 8. The molecule has 0 spiro atoms. The molecule has 0 bridgehead atoms. The van der Waals surface area contributed by atoms with Crippen molar-refractivity contribution in [3.63, 3.8) is 0 Å². The van der Waals surface area contributed by atoms with E-state index in [1.807, 2.05) is 29.2 Å². The number of carbonyl (C=O) groups excluding carboxylic acids is 3. The fourth-order valence-corrected chi connectivity index (χ4v) is 4.00. The summed E-state index contributed by atoms with van der Waals surface area (Å²) >= 11 is 0. The summed E-state index contributed by atoms with van der Waals surface area (Å²) in [6, 6.07) is 7.35. The highest BCUT2D eigenvalue weighted by molar-refractivity contribution is 6.06. The zero-order valence-corrected chi connectivity index (χ0v) is 18.0. The van der Waals surface area contributed by atoms with E-state index in [1.54, 1.807) is 21.0 Å². The summed E-state index contributed by atoms with van der Waals surface area (Å²) in [5.74, 6) is 0.332. The molecule has 1 N–H and O–H groups in total. The lowest BCUT2D eigenvalue weighted by Gasteiger charge is -2.32. The molecule has 164 valence electrons. The highest BCUT2D eigenvalue weighted by Gasteiger charge is 2.47. The van der Waals surface area contributed by atoms with Crippen LogP contribution in [0.5, 0.6) is 5.75 Å². The number of carbonyl (C=O) groups is 3. The van der Waals surface area contributed by atoms with Gasteiger partial charge in [-0.05, 0) is 57.2 Å². The molecule has 2 aliphatic rings. The van der Waals surface area contributed by atoms with Gasteiger partial charge in [0, 0.05) is 13.1 Å². The van der Waals surface area contributed by atoms with Crippen LogP contribution in [0.25, 0.3) is 0 Å². The molecule has 1 atom stereocenters. The standard InChI is InChI=1S/C22H31N3O5/c1-4-30-19(26)17-10-13-24(14-11-17)15-25-20(27)22(2,23-21(25)28)12-9-16-5-7-18(29-3)8-6-16/h5-8,17H,4,9-15H2,1-3H3,(H,23,28)/t22-/m0/s1. The molecule has 3 amide bonds. The Labute approximate surface area is 177 Å². The number of hydrogen-bond acceptors (Lipinski definition) is 6.